The molecular formula is C21H15N3O3S. The first-order valence-corrected chi connectivity index (χ1v) is 8.85. The number of aromatic hydroxyl groups is 2. The third-order valence-corrected chi connectivity index (χ3v) is 4.57. The number of nitrogens with zero attached hydrogens (tertiary/aromatic N) is 2. The summed E-state index contributed by atoms with van der Waals surface area (Å²) in [4.78, 5) is 12.8. The number of aromatic nitrogens is 3. The number of rotatable bonds is 4. The van der Waals surface area contributed by atoms with Crippen molar-refractivity contribution in [1.29, 1.82) is 0 Å². The number of benzene rings is 3. The van der Waals surface area contributed by atoms with Crippen molar-refractivity contribution in [2.75, 3.05) is 0 Å². The highest BCUT2D eigenvalue weighted by Gasteiger charge is 2.16. The van der Waals surface area contributed by atoms with Crippen molar-refractivity contribution in [2.24, 2.45) is 0 Å². The lowest BCUT2D eigenvalue weighted by Gasteiger charge is -2.10. The highest BCUT2D eigenvalue weighted by Crippen LogP contribution is 2.32. The van der Waals surface area contributed by atoms with E-state index in [0.29, 0.717) is 33.0 Å². The summed E-state index contributed by atoms with van der Waals surface area (Å²) in [6.07, 6.45) is 0. The van der Waals surface area contributed by atoms with E-state index in [2.05, 4.69) is 10.2 Å². The SMILES string of the molecule is O=C(c1ccccc1)c1cccc(-n2c(-c3ccc(O)cc3O)n[nH]c2=S)c1. The Hall–Kier alpha value is -3.71. The number of carbonyl (C=O) groups is 1. The fraction of sp³-hybridized carbons (Fsp3) is 0. The molecule has 4 rings (SSSR count). The zero-order valence-electron chi connectivity index (χ0n) is 14.5. The molecule has 0 aliphatic rings. The van der Waals surface area contributed by atoms with E-state index in [9.17, 15) is 15.0 Å². The van der Waals surface area contributed by atoms with E-state index in [1.165, 1.54) is 12.1 Å². The van der Waals surface area contributed by atoms with Gasteiger partial charge in [0.1, 0.15) is 11.5 Å². The van der Waals surface area contributed by atoms with Crippen LogP contribution in [0.1, 0.15) is 15.9 Å². The molecular weight excluding hydrogens is 374 g/mol. The van der Waals surface area contributed by atoms with Crippen LogP contribution in [-0.4, -0.2) is 30.8 Å². The molecule has 0 fully saturated rings. The number of hydrogen-bond acceptors (Lipinski definition) is 5. The predicted octanol–water partition coefficient (Wildman–Crippen LogP) is 4.24. The van der Waals surface area contributed by atoms with E-state index in [-0.39, 0.29) is 17.3 Å². The number of ketones is 1. The van der Waals surface area contributed by atoms with Gasteiger partial charge in [-0.25, -0.2) is 0 Å². The van der Waals surface area contributed by atoms with Gasteiger partial charge >= 0.3 is 0 Å². The smallest absolute Gasteiger partial charge is 0.200 e. The zero-order chi connectivity index (χ0) is 19.7. The van der Waals surface area contributed by atoms with Crippen LogP contribution in [-0.2, 0) is 0 Å². The molecule has 0 unspecified atom stereocenters. The Morgan fingerprint density at radius 1 is 0.929 bits per heavy atom. The summed E-state index contributed by atoms with van der Waals surface area (Å²) in [5, 5.41) is 26.6. The monoisotopic (exact) mass is 389 g/mol. The Kier molecular flexibility index (Phi) is 4.50. The Morgan fingerprint density at radius 3 is 2.43 bits per heavy atom. The van der Waals surface area contributed by atoms with E-state index in [1.54, 1.807) is 47.0 Å². The van der Waals surface area contributed by atoms with Gasteiger partial charge in [0, 0.05) is 17.2 Å². The molecule has 3 N–H and O–H groups in total. The number of phenolic OH excluding ortho intramolecular Hbond substituents is 2. The lowest BCUT2D eigenvalue weighted by Crippen LogP contribution is -2.04. The maximum atomic E-state index is 12.8. The topological polar surface area (TPSA) is 91.1 Å². The van der Waals surface area contributed by atoms with Crippen LogP contribution in [0.15, 0.2) is 72.8 Å². The summed E-state index contributed by atoms with van der Waals surface area (Å²) >= 11 is 5.36. The van der Waals surface area contributed by atoms with Crippen molar-refractivity contribution in [3.8, 4) is 28.6 Å². The molecule has 1 aromatic heterocycles. The second-order valence-corrected chi connectivity index (χ2v) is 6.52. The molecule has 0 saturated heterocycles. The van der Waals surface area contributed by atoms with Gasteiger partial charge in [-0.05, 0) is 36.5 Å². The lowest BCUT2D eigenvalue weighted by atomic mass is 10.0. The van der Waals surface area contributed by atoms with E-state index in [1.807, 2.05) is 18.2 Å². The molecule has 0 spiro atoms. The number of carbonyl (C=O) groups excluding carboxylic acids is 1. The largest absolute Gasteiger partial charge is 0.508 e. The molecule has 28 heavy (non-hydrogen) atoms. The minimum atomic E-state index is -0.133. The molecule has 0 radical (unpaired) electrons. The summed E-state index contributed by atoms with van der Waals surface area (Å²) in [6.45, 7) is 0. The number of aromatic amines is 1. The van der Waals surface area contributed by atoms with Crippen LogP contribution in [0.4, 0.5) is 0 Å². The third kappa shape index (κ3) is 3.19. The Balaban J connectivity index is 1.82. The Morgan fingerprint density at radius 2 is 1.68 bits per heavy atom. The lowest BCUT2D eigenvalue weighted by molar-refractivity contribution is 0.103. The molecule has 0 aliphatic carbocycles. The maximum absolute atomic E-state index is 12.8. The quantitative estimate of drug-likeness (QED) is 0.359. The Labute approximate surface area is 165 Å². The van der Waals surface area contributed by atoms with Crippen LogP contribution in [0.25, 0.3) is 17.1 Å². The summed E-state index contributed by atoms with van der Waals surface area (Å²) in [5.41, 5.74) is 2.12. The molecule has 4 aromatic rings. The molecule has 0 bridgehead atoms. The summed E-state index contributed by atoms with van der Waals surface area (Å²) in [6, 6.07) is 20.3. The van der Waals surface area contributed by atoms with E-state index >= 15 is 0 Å². The molecule has 6 nitrogen and oxygen atoms in total. The van der Waals surface area contributed by atoms with Crippen molar-refractivity contribution >= 4 is 18.0 Å². The highest BCUT2D eigenvalue weighted by molar-refractivity contribution is 7.71. The summed E-state index contributed by atoms with van der Waals surface area (Å²) in [5.74, 6) is 0.0717. The predicted molar refractivity (Wildman–Crippen MR) is 107 cm³/mol. The second kappa shape index (κ2) is 7.13. The summed E-state index contributed by atoms with van der Waals surface area (Å²) in [7, 11) is 0. The van der Waals surface area contributed by atoms with Crippen molar-refractivity contribution in [3.63, 3.8) is 0 Å². The normalized spacial score (nSPS) is 10.7. The molecule has 1 heterocycles. The molecule has 0 saturated carbocycles. The molecule has 0 atom stereocenters. The van der Waals surface area contributed by atoms with Gasteiger partial charge in [0.15, 0.2) is 16.4 Å². The molecule has 0 aliphatic heterocycles. The van der Waals surface area contributed by atoms with Crippen LogP contribution in [0.3, 0.4) is 0 Å². The number of hydrogen-bond donors (Lipinski definition) is 3. The minimum absolute atomic E-state index is 0.0580. The van der Waals surface area contributed by atoms with Gasteiger partial charge < -0.3 is 10.2 Å². The molecule has 3 aromatic carbocycles. The number of nitrogens with one attached hydrogen (secondary N) is 1. The third-order valence-electron chi connectivity index (χ3n) is 4.30. The van der Waals surface area contributed by atoms with Gasteiger partial charge in [-0.3, -0.25) is 14.5 Å². The average molecular weight is 389 g/mol. The molecule has 7 heteroatoms. The van der Waals surface area contributed by atoms with Gasteiger partial charge in [-0.1, -0.05) is 42.5 Å². The maximum Gasteiger partial charge on any atom is 0.200 e. The van der Waals surface area contributed by atoms with Gasteiger partial charge in [-0.2, -0.15) is 5.10 Å². The van der Waals surface area contributed by atoms with Crippen LogP contribution < -0.4 is 0 Å². The minimum Gasteiger partial charge on any atom is -0.508 e. The van der Waals surface area contributed by atoms with Gasteiger partial charge in [0.25, 0.3) is 0 Å². The van der Waals surface area contributed by atoms with E-state index in [4.69, 9.17) is 12.2 Å². The first kappa shape index (κ1) is 17.7. The Bertz CT molecular complexity index is 1230. The summed E-state index contributed by atoms with van der Waals surface area (Å²) < 4.78 is 1.94. The standard InChI is InChI=1S/C21H15N3O3S/c25-16-9-10-17(18(26)12-16)20-22-23-21(28)24(20)15-8-4-7-14(11-15)19(27)13-5-2-1-3-6-13/h1-12,25-26H,(H,23,28). The van der Waals surface area contributed by atoms with Crippen molar-refractivity contribution in [1.82, 2.24) is 14.8 Å². The first-order valence-electron chi connectivity index (χ1n) is 8.44. The first-order chi connectivity index (χ1) is 13.5. The second-order valence-electron chi connectivity index (χ2n) is 6.13. The zero-order valence-corrected chi connectivity index (χ0v) is 15.4. The number of H-pyrrole nitrogens is 1. The van der Waals surface area contributed by atoms with Gasteiger partial charge in [0.2, 0.25) is 0 Å². The van der Waals surface area contributed by atoms with Crippen LogP contribution in [0.5, 0.6) is 11.5 Å². The fourth-order valence-corrected chi connectivity index (χ4v) is 3.21. The van der Waals surface area contributed by atoms with E-state index < -0.39 is 0 Å². The van der Waals surface area contributed by atoms with E-state index in [0.717, 1.165) is 0 Å². The van der Waals surface area contributed by atoms with Gasteiger partial charge in [0.05, 0.1) is 11.3 Å². The van der Waals surface area contributed by atoms with Crippen molar-refractivity contribution in [3.05, 3.63) is 88.7 Å². The van der Waals surface area contributed by atoms with Gasteiger partial charge in [-0.15, -0.1) is 0 Å². The molecule has 138 valence electrons. The van der Waals surface area contributed by atoms with Crippen molar-refractivity contribution in [2.45, 2.75) is 0 Å². The van der Waals surface area contributed by atoms with Crippen LogP contribution in [0.2, 0.25) is 0 Å². The van der Waals surface area contributed by atoms with Crippen molar-refractivity contribution < 1.29 is 15.0 Å². The number of phenols is 2. The molecule has 0 amide bonds. The average Bonchev–Trinajstić information content (AvgIpc) is 3.09. The van der Waals surface area contributed by atoms with Crippen LogP contribution >= 0.6 is 12.2 Å². The van der Waals surface area contributed by atoms with Crippen LogP contribution in [0, 0.1) is 4.77 Å². The fourth-order valence-electron chi connectivity index (χ4n) is 2.97. The highest BCUT2D eigenvalue weighted by atomic mass is 32.1.